The van der Waals surface area contributed by atoms with E-state index < -0.39 is 6.10 Å². The fraction of sp³-hybridized carbons (Fsp3) is 0.286. The van der Waals surface area contributed by atoms with Gasteiger partial charge in [-0.3, -0.25) is 0 Å². The maximum atomic E-state index is 10.1. The summed E-state index contributed by atoms with van der Waals surface area (Å²) in [7, 11) is 0. The third-order valence-electron chi connectivity index (χ3n) is 3.20. The van der Waals surface area contributed by atoms with Crippen molar-refractivity contribution >= 4 is 26.7 Å². The van der Waals surface area contributed by atoms with Gasteiger partial charge in [-0.2, -0.15) is 0 Å². The van der Waals surface area contributed by atoms with Gasteiger partial charge in [0.25, 0.3) is 0 Å². The molecule has 3 rings (SSSR count). The zero-order valence-corrected chi connectivity index (χ0v) is 10.9. The van der Waals surface area contributed by atoms with Gasteiger partial charge in [0.2, 0.25) is 0 Å². The summed E-state index contributed by atoms with van der Waals surface area (Å²) in [5.41, 5.74) is 0.896. The second-order valence-electron chi connectivity index (χ2n) is 4.34. The van der Waals surface area contributed by atoms with Crippen molar-refractivity contribution in [2.24, 2.45) is 0 Å². The van der Waals surface area contributed by atoms with E-state index in [9.17, 15) is 5.11 Å². The summed E-state index contributed by atoms with van der Waals surface area (Å²) in [5, 5.41) is 12.4. The quantitative estimate of drug-likeness (QED) is 0.800. The first kappa shape index (κ1) is 11.1. The van der Waals surface area contributed by atoms with E-state index in [0.29, 0.717) is 6.61 Å². The van der Waals surface area contributed by atoms with Gasteiger partial charge >= 0.3 is 0 Å². The number of hydrogen-bond acceptors (Lipinski definition) is 2. The van der Waals surface area contributed by atoms with Crippen molar-refractivity contribution in [1.29, 1.82) is 0 Å². The van der Waals surface area contributed by atoms with Crippen LogP contribution in [-0.2, 0) is 0 Å². The average molecular weight is 293 g/mol. The third kappa shape index (κ3) is 1.83. The lowest BCUT2D eigenvalue weighted by Gasteiger charge is -2.14. The van der Waals surface area contributed by atoms with Crippen LogP contribution in [0.2, 0.25) is 0 Å². The summed E-state index contributed by atoms with van der Waals surface area (Å²) in [6, 6.07) is 10.2. The van der Waals surface area contributed by atoms with E-state index in [4.69, 9.17) is 4.74 Å². The lowest BCUT2D eigenvalue weighted by Crippen LogP contribution is -1.98. The Kier molecular flexibility index (Phi) is 2.81. The number of ether oxygens (including phenoxy) is 1. The van der Waals surface area contributed by atoms with Crippen molar-refractivity contribution < 1.29 is 9.84 Å². The third-order valence-corrected chi connectivity index (χ3v) is 3.98. The zero-order chi connectivity index (χ0) is 11.8. The van der Waals surface area contributed by atoms with Crippen molar-refractivity contribution in [1.82, 2.24) is 0 Å². The van der Waals surface area contributed by atoms with Gasteiger partial charge in [-0.1, -0.05) is 24.3 Å². The molecule has 88 valence electrons. The Morgan fingerprint density at radius 3 is 3.00 bits per heavy atom. The number of rotatable bonds is 0. The van der Waals surface area contributed by atoms with E-state index >= 15 is 0 Å². The molecule has 1 N–H and O–H groups in total. The minimum absolute atomic E-state index is 0.423. The van der Waals surface area contributed by atoms with Crippen LogP contribution < -0.4 is 4.74 Å². The number of halogens is 1. The summed E-state index contributed by atoms with van der Waals surface area (Å²) in [6.07, 6.45) is 1.23. The molecule has 1 aliphatic heterocycles. The standard InChI is InChI=1S/C14H13BrO2/c15-13-10-5-2-1-4-9(10)8-11-12(16)6-3-7-17-14(11)13/h1-2,4-5,8,12,16H,3,6-7H2/t12-/m1/s1. The minimum Gasteiger partial charge on any atom is -0.492 e. The Labute approximate surface area is 108 Å². The molecule has 1 aliphatic rings. The molecule has 0 aliphatic carbocycles. The molecule has 2 aromatic rings. The molecule has 0 saturated carbocycles. The highest BCUT2D eigenvalue weighted by Gasteiger charge is 2.21. The van der Waals surface area contributed by atoms with Gasteiger partial charge in [-0.25, -0.2) is 0 Å². The van der Waals surface area contributed by atoms with Crippen molar-refractivity contribution in [2.45, 2.75) is 18.9 Å². The van der Waals surface area contributed by atoms with E-state index in [0.717, 1.165) is 39.4 Å². The number of aliphatic hydroxyl groups excluding tert-OH is 1. The number of aliphatic hydroxyl groups is 1. The zero-order valence-electron chi connectivity index (χ0n) is 9.32. The van der Waals surface area contributed by atoms with Crippen molar-refractivity contribution in [3.8, 4) is 5.75 Å². The van der Waals surface area contributed by atoms with Gasteiger partial charge < -0.3 is 9.84 Å². The Hall–Kier alpha value is -1.06. The largest absolute Gasteiger partial charge is 0.492 e. The summed E-state index contributed by atoms with van der Waals surface area (Å²) >= 11 is 3.59. The van der Waals surface area contributed by atoms with E-state index in [1.807, 2.05) is 18.2 Å². The van der Waals surface area contributed by atoms with Gasteiger partial charge in [0.05, 0.1) is 17.2 Å². The number of benzene rings is 2. The molecule has 0 fully saturated rings. The molecule has 0 radical (unpaired) electrons. The first-order chi connectivity index (χ1) is 8.27. The molecule has 17 heavy (non-hydrogen) atoms. The molecule has 0 spiro atoms. The lowest BCUT2D eigenvalue weighted by atomic mass is 10.0. The van der Waals surface area contributed by atoms with Crippen LogP contribution in [0.25, 0.3) is 10.8 Å². The second kappa shape index (κ2) is 4.31. The molecule has 3 heteroatoms. The summed E-state index contributed by atoms with van der Waals surface area (Å²) < 4.78 is 6.70. The van der Waals surface area contributed by atoms with Crippen LogP contribution in [0, 0.1) is 0 Å². The normalized spacial score (nSPS) is 19.5. The van der Waals surface area contributed by atoms with Crippen LogP contribution in [0.1, 0.15) is 24.5 Å². The predicted octanol–water partition coefficient (Wildman–Crippen LogP) is 3.81. The van der Waals surface area contributed by atoms with Gasteiger partial charge in [0.1, 0.15) is 5.75 Å². The molecule has 2 aromatic carbocycles. The first-order valence-electron chi connectivity index (χ1n) is 5.79. The Morgan fingerprint density at radius 1 is 1.29 bits per heavy atom. The van der Waals surface area contributed by atoms with Crippen LogP contribution >= 0.6 is 15.9 Å². The lowest BCUT2D eigenvalue weighted by molar-refractivity contribution is 0.167. The van der Waals surface area contributed by atoms with Crippen LogP contribution in [0.15, 0.2) is 34.8 Å². The Morgan fingerprint density at radius 2 is 2.12 bits per heavy atom. The van der Waals surface area contributed by atoms with Crippen LogP contribution in [0.3, 0.4) is 0 Å². The van der Waals surface area contributed by atoms with Crippen LogP contribution in [0.5, 0.6) is 5.75 Å². The number of hydrogen-bond donors (Lipinski definition) is 1. The molecule has 0 amide bonds. The van der Waals surface area contributed by atoms with E-state index in [-0.39, 0.29) is 0 Å². The highest BCUT2D eigenvalue weighted by atomic mass is 79.9. The molecule has 0 saturated heterocycles. The van der Waals surface area contributed by atoms with Gasteiger partial charge in [-0.05, 0) is 45.6 Å². The molecular weight excluding hydrogens is 280 g/mol. The van der Waals surface area contributed by atoms with E-state index in [1.165, 1.54) is 0 Å². The Balaban J connectivity index is 2.31. The summed E-state index contributed by atoms with van der Waals surface area (Å²) in [5.74, 6) is 0.800. The van der Waals surface area contributed by atoms with Crippen LogP contribution in [0.4, 0.5) is 0 Å². The number of fused-ring (bicyclic) bond motifs is 2. The molecule has 1 atom stereocenters. The van der Waals surface area contributed by atoms with Crippen molar-refractivity contribution in [3.63, 3.8) is 0 Å². The maximum absolute atomic E-state index is 10.1. The summed E-state index contributed by atoms with van der Waals surface area (Å²) in [4.78, 5) is 0. The molecule has 0 bridgehead atoms. The smallest absolute Gasteiger partial charge is 0.139 e. The SMILES string of the molecule is O[C@@H]1CCCOc2c1cc1ccccc1c2Br. The predicted molar refractivity (Wildman–Crippen MR) is 71.3 cm³/mol. The Bertz CT molecular complexity index is 565. The van der Waals surface area contributed by atoms with Crippen molar-refractivity contribution in [2.75, 3.05) is 6.61 Å². The molecule has 0 aromatic heterocycles. The topological polar surface area (TPSA) is 29.5 Å². The highest BCUT2D eigenvalue weighted by molar-refractivity contribution is 9.10. The fourth-order valence-electron chi connectivity index (χ4n) is 2.31. The second-order valence-corrected chi connectivity index (χ2v) is 5.13. The highest BCUT2D eigenvalue weighted by Crippen LogP contribution is 2.41. The van der Waals surface area contributed by atoms with Gasteiger partial charge in [-0.15, -0.1) is 0 Å². The molecule has 0 unspecified atom stereocenters. The van der Waals surface area contributed by atoms with Gasteiger partial charge in [0, 0.05) is 5.56 Å². The van der Waals surface area contributed by atoms with Crippen LogP contribution in [-0.4, -0.2) is 11.7 Å². The van der Waals surface area contributed by atoms with E-state index in [1.54, 1.807) is 0 Å². The minimum atomic E-state index is -0.423. The first-order valence-corrected chi connectivity index (χ1v) is 6.58. The fourth-order valence-corrected chi connectivity index (χ4v) is 3.01. The monoisotopic (exact) mass is 292 g/mol. The van der Waals surface area contributed by atoms with Gasteiger partial charge in [0.15, 0.2) is 0 Å². The van der Waals surface area contributed by atoms with E-state index in [2.05, 4.69) is 28.1 Å². The summed E-state index contributed by atoms with van der Waals surface area (Å²) in [6.45, 7) is 0.668. The average Bonchev–Trinajstić information content (AvgIpc) is 2.53. The molecular formula is C14H13BrO2. The maximum Gasteiger partial charge on any atom is 0.139 e. The van der Waals surface area contributed by atoms with Crippen molar-refractivity contribution in [3.05, 3.63) is 40.4 Å². The molecule has 1 heterocycles. The molecule has 2 nitrogen and oxygen atoms in total.